The Morgan fingerprint density at radius 1 is 1.12 bits per heavy atom. The highest BCUT2D eigenvalue weighted by Crippen LogP contribution is 2.24. The average Bonchev–Trinajstić information content (AvgIpc) is 2.63. The Balaban J connectivity index is 2.91. The van der Waals surface area contributed by atoms with Crippen LogP contribution in [0.3, 0.4) is 0 Å². The fraction of sp³-hybridized carbons (Fsp3) is 0.500. The van der Waals surface area contributed by atoms with Crippen molar-refractivity contribution in [3.8, 4) is 5.75 Å². The van der Waals surface area contributed by atoms with Crippen LogP contribution in [-0.4, -0.2) is 60.7 Å². The van der Waals surface area contributed by atoms with Gasteiger partial charge in [0.2, 0.25) is 15.9 Å². The van der Waals surface area contributed by atoms with E-state index in [0.29, 0.717) is 6.54 Å². The van der Waals surface area contributed by atoms with Crippen LogP contribution >= 0.6 is 0 Å². The molecule has 0 atom stereocenters. The zero-order valence-electron chi connectivity index (χ0n) is 15.1. The number of ether oxygens (including phenoxy) is 2. The molecule has 0 aromatic heterocycles. The molecular weight excluding hydrogens is 362 g/mol. The Bertz CT molecular complexity index is 721. The summed E-state index contributed by atoms with van der Waals surface area (Å²) in [6, 6.07) is 4.01. The van der Waals surface area contributed by atoms with Crippen molar-refractivity contribution < 1.29 is 27.5 Å². The van der Waals surface area contributed by atoms with Crippen LogP contribution in [0.2, 0.25) is 0 Å². The molecule has 0 unspecified atom stereocenters. The first-order valence-electron chi connectivity index (χ1n) is 8.07. The summed E-state index contributed by atoms with van der Waals surface area (Å²) < 4.78 is 37.1. The first-order chi connectivity index (χ1) is 12.4. The molecule has 1 rings (SSSR count). The minimum absolute atomic E-state index is 0.0794. The van der Waals surface area contributed by atoms with E-state index in [4.69, 9.17) is 9.47 Å². The van der Waals surface area contributed by atoms with Crippen molar-refractivity contribution in [3.05, 3.63) is 23.8 Å². The molecule has 1 aromatic carbocycles. The standard InChI is InChI=1S/C16H25N3O6S/c1-4-7-17-15(20)11-18-16(21)12-5-6-13(25-3)14(10-12)26(22,23)19-8-9-24-2/h5-6,10,19H,4,7-9,11H2,1-3H3,(H,17,20)(H,18,21). The number of hydrogen-bond donors (Lipinski definition) is 3. The molecule has 9 nitrogen and oxygen atoms in total. The van der Waals surface area contributed by atoms with E-state index >= 15 is 0 Å². The van der Waals surface area contributed by atoms with Gasteiger partial charge in [0, 0.05) is 25.8 Å². The van der Waals surface area contributed by atoms with E-state index in [9.17, 15) is 18.0 Å². The molecule has 0 saturated heterocycles. The summed E-state index contributed by atoms with van der Waals surface area (Å²) in [6.07, 6.45) is 0.787. The van der Waals surface area contributed by atoms with Gasteiger partial charge in [-0.25, -0.2) is 13.1 Å². The first kappa shape index (κ1) is 21.9. The molecule has 0 aliphatic carbocycles. The van der Waals surface area contributed by atoms with Gasteiger partial charge in [0.15, 0.2) is 0 Å². The van der Waals surface area contributed by atoms with Gasteiger partial charge in [-0.2, -0.15) is 0 Å². The molecule has 0 radical (unpaired) electrons. The maximum Gasteiger partial charge on any atom is 0.251 e. The molecule has 0 heterocycles. The number of methoxy groups -OCH3 is 2. The molecule has 0 aliphatic rings. The van der Waals surface area contributed by atoms with Crippen molar-refractivity contribution in [3.63, 3.8) is 0 Å². The third-order valence-electron chi connectivity index (χ3n) is 3.30. The SMILES string of the molecule is CCCNC(=O)CNC(=O)c1ccc(OC)c(S(=O)(=O)NCCOC)c1. The Kier molecular flexibility index (Phi) is 9.03. The van der Waals surface area contributed by atoms with Gasteiger partial charge in [-0.3, -0.25) is 9.59 Å². The summed E-state index contributed by atoms with van der Waals surface area (Å²) in [5.41, 5.74) is 0.0983. The number of sulfonamides is 1. The van der Waals surface area contributed by atoms with E-state index in [1.165, 1.54) is 32.4 Å². The normalized spacial score (nSPS) is 11.0. The van der Waals surface area contributed by atoms with Gasteiger partial charge in [-0.05, 0) is 24.6 Å². The minimum atomic E-state index is -3.89. The van der Waals surface area contributed by atoms with Crippen LogP contribution < -0.4 is 20.1 Å². The summed E-state index contributed by atoms with van der Waals surface area (Å²) in [5, 5.41) is 5.08. The predicted molar refractivity (Wildman–Crippen MR) is 95.7 cm³/mol. The highest BCUT2D eigenvalue weighted by atomic mass is 32.2. The van der Waals surface area contributed by atoms with Crippen LogP contribution in [0.15, 0.2) is 23.1 Å². The summed E-state index contributed by atoms with van der Waals surface area (Å²) >= 11 is 0. The lowest BCUT2D eigenvalue weighted by Crippen LogP contribution is -2.37. The number of benzene rings is 1. The number of rotatable bonds is 11. The number of carbonyl (C=O) groups excluding carboxylic acids is 2. The first-order valence-corrected chi connectivity index (χ1v) is 9.55. The minimum Gasteiger partial charge on any atom is -0.495 e. The van der Waals surface area contributed by atoms with E-state index < -0.39 is 15.9 Å². The number of nitrogens with one attached hydrogen (secondary N) is 3. The summed E-state index contributed by atoms with van der Waals surface area (Å²) in [7, 11) is -1.10. The van der Waals surface area contributed by atoms with Crippen LogP contribution in [0.4, 0.5) is 0 Å². The molecule has 26 heavy (non-hydrogen) atoms. The second-order valence-corrected chi connectivity index (χ2v) is 7.02. The summed E-state index contributed by atoms with van der Waals surface area (Å²) in [5.74, 6) is -0.775. The van der Waals surface area contributed by atoms with E-state index in [0.717, 1.165) is 6.42 Å². The second kappa shape index (κ2) is 10.7. The van der Waals surface area contributed by atoms with Gasteiger partial charge in [-0.15, -0.1) is 0 Å². The molecule has 0 aliphatic heterocycles. The molecule has 0 spiro atoms. The molecular formula is C16H25N3O6S. The molecule has 0 bridgehead atoms. The average molecular weight is 387 g/mol. The maximum absolute atomic E-state index is 12.4. The molecule has 3 N–H and O–H groups in total. The molecule has 0 fully saturated rings. The fourth-order valence-corrected chi connectivity index (χ4v) is 3.18. The van der Waals surface area contributed by atoms with E-state index in [-0.39, 0.29) is 41.8 Å². The van der Waals surface area contributed by atoms with Crippen LogP contribution in [0.25, 0.3) is 0 Å². The zero-order valence-corrected chi connectivity index (χ0v) is 15.9. The lowest BCUT2D eigenvalue weighted by atomic mass is 10.2. The van der Waals surface area contributed by atoms with Crippen LogP contribution in [0.1, 0.15) is 23.7 Å². The van der Waals surface area contributed by atoms with Crippen LogP contribution in [0, 0.1) is 0 Å². The largest absolute Gasteiger partial charge is 0.495 e. The highest BCUT2D eigenvalue weighted by Gasteiger charge is 2.21. The number of hydrogen-bond acceptors (Lipinski definition) is 6. The second-order valence-electron chi connectivity index (χ2n) is 5.29. The van der Waals surface area contributed by atoms with Gasteiger partial charge in [0.1, 0.15) is 10.6 Å². The Labute approximate surface area is 153 Å². The lowest BCUT2D eigenvalue weighted by Gasteiger charge is -2.12. The van der Waals surface area contributed by atoms with E-state index in [2.05, 4.69) is 15.4 Å². The fourth-order valence-electron chi connectivity index (χ4n) is 1.97. The monoisotopic (exact) mass is 387 g/mol. The molecule has 10 heteroatoms. The molecule has 146 valence electrons. The third-order valence-corrected chi connectivity index (χ3v) is 4.78. The van der Waals surface area contributed by atoms with Crippen molar-refractivity contribution in [2.75, 3.05) is 40.5 Å². The van der Waals surface area contributed by atoms with Crippen molar-refractivity contribution in [2.24, 2.45) is 0 Å². The van der Waals surface area contributed by atoms with E-state index in [1.807, 2.05) is 6.92 Å². The van der Waals surface area contributed by atoms with Crippen molar-refractivity contribution in [2.45, 2.75) is 18.2 Å². The number of carbonyl (C=O) groups is 2. The number of amides is 2. The topological polar surface area (TPSA) is 123 Å². The quantitative estimate of drug-likeness (QED) is 0.455. The Morgan fingerprint density at radius 2 is 1.85 bits per heavy atom. The Hall–Kier alpha value is -2.17. The Morgan fingerprint density at radius 3 is 2.46 bits per heavy atom. The van der Waals surface area contributed by atoms with Gasteiger partial charge in [0.25, 0.3) is 5.91 Å². The van der Waals surface area contributed by atoms with Crippen LogP contribution in [0.5, 0.6) is 5.75 Å². The summed E-state index contributed by atoms with van der Waals surface area (Å²) in [6.45, 7) is 2.52. The smallest absolute Gasteiger partial charge is 0.251 e. The van der Waals surface area contributed by atoms with Crippen molar-refractivity contribution in [1.82, 2.24) is 15.4 Å². The van der Waals surface area contributed by atoms with Gasteiger partial charge >= 0.3 is 0 Å². The van der Waals surface area contributed by atoms with E-state index in [1.54, 1.807) is 0 Å². The van der Waals surface area contributed by atoms with Gasteiger partial charge < -0.3 is 20.1 Å². The van der Waals surface area contributed by atoms with Gasteiger partial charge in [-0.1, -0.05) is 6.92 Å². The maximum atomic E-state index is 12.4. The zero-order chi connectivity index (χ0) is 19.6. The van der Waals surface area contributed by atoms with Crippen molar-refractivity contribution in [1.29, 1.82) is 0 Å². The van der Waals surface area contributed by atoms with Crippen molar-refractivity contribution >= 4 is 21.8 Å². The molecule has 1 aromatic rings. The summed E-state index contributed by atoms with van der Waals surface area (Å²) in [4.78, 5) is 23.6. The molecule has 2 amide bonds. The lowest BCUT2D eigenvalue weighted by molar-refractivity contribution is -0.120. The molecule has 0 saturated carbocycles. The predicted octanol–water partition coefficient (Wildman–Crippen LogP) is -0.124. The highest BCUT2D eigenvalue weighted by molar-refractivity contribution is 7.89. The van der Waals surface area contributed by atoms with Gasteiger partial charge in [0.05, 0.1) is 20.3 Å². The van der Waals surface area contributed by atoms with Crippen LogP contribution in [-0.2, 0) is 19.6 Å². The third kappa shape index (κ3) is 6.62.